The minimum absolute atomic E-state index is 0.352. The molecule has 2 N–H and O–H groups in total. The van der Waals surface area contributed by atoms with Crippen molar-refractivity contribution in [3.05, 3.63) is 23.9 Å². The maximum Gasteiger partial charge on any atom is 0.116 e. The highest BCUT2D eigenvalue weighted by atomic mass is 32.2. The van der Waals surface area contributed by atoms with Gasteiger partial charge in [0, 0.05) is 21.5 Å². The van der Waals surface area contributed by atoms with Gasteiger partial charge in [-0.15, -0.1) is 11.8 Å². The van der Waals surface area contributed by atoms with Crippen LogP contribution < -0.4 is 0 Å². The molecule has 0 aliphatic carbocycles. The van der Waals surface area contributed by atoms with Crippen LogP contribution in [0.25, 0.3) is 10.9 Å². The topological polar surface area (TPSA) is 36.0 Å². The lowest BCUT2D eigenvalue weighted by Crippen LogP contribution is -1.95. The third-order valence-electron chi connectivity index (χ3n) is 2.62. The number of aromatic nitrogens is 1. The Kier molecular flexibility index (Phi) is 1.74. The Morgan fingerprint density at radius 2 is 2.29 bits per heavy atom. The van der Waals surface area contributed by atoms with Gasteiger partial charge in [0.2, 0.25) is 0 Å². The molecule has 0 spiro atoms. The summed E-state index contributed by atoms with van der Waals surface area (Å²) in [5.74, 6) is 1.54. The summed E-state index contributed by atoms with van der Waals surface area (Å²) in [7, 11) is 0. The summed E-state index contributed by atoms with van der Waals surface area (Å²) in [4.78, 5) is 4.75. The lowest BCUT2D eigenvalue weighted by molar-refractivity contribution is 0.476. The predicted octanol–water partition coefficient (Wildman–Crippen LogP) is 2.91. The third-order valence-corrected chi connectivity index (χ3v) is 3.87. The normalized spacial score (nSPS) is 15.7. The number of aromatic hydroxyl groups is 1. The number of aromatic amines is 1. The maximum atomic E-state index is 9.43. The van der Waals surface area contributed by atoms with E-state index in [9.17, 15) is 5.11 Å². The Morgan fingerprint density at radius 3 is 3.21 bits per heavy atom. The van der Waals surface area contributed by atoms with E-state index in [1.807, 2.05) is 23.9 Å². The third kappa shape index (κ3) is 1.12. The molecule has 3 heteroatoms. The molecule has 0 amide bonds. The van der Waals surface area contributed by atoms with Crippen molar-refractivity contribution in [2.24, 2.45) is 0 Å². The summed E-state index contributed by atoms with van der Waals surface area (Å²) >= 11 is 1.89. The van der Waals surface area contributed by atoms with Crippen LogP contribution >= 0.6 is 11.8 Å². The van der Waals surface area contributed by atoms with E-state index in [1.54, 1.807) is 6.07 Å². The van der Waals surface area contributed by atoms with Gasteiger partial charge in [0.25, 0.3) is 0 Å². The van der Waals surface area contributed by atoms with Gasteiger partial charge in [-0.25, -0.2) is 0 Å². The molecule has 0 bridgehead atoms. The van der Waals surface area contributed by atoms with Crippen molar-refractivity contribution in [1.29, 1.82) is 0 Å². The molecular formula is C11H11NOS. The van der Waals surface area contributed by atoms with Gasteiger partial charge in [0.15, 0.2) is 0 Å². The van der Waals surface area contributed by atoms with E-state index in [0.717, 1.165) is 11.9 Å². The summed E-state index contributed by atoms with van der Waals surface area (Å²) in [5.41, 5.74) is 2.48. The van der Waals surface area contributed by atoms with Crippen molar-refractivity contribution in [3.8, 4) is 5.75 Å². The van der Waals surface area contributed by atoms with Gasteiger partial charge in [-0.05, 0) is 36.8 Å². The number of phenolic OH excluding ortho intramolecular Hbond substituents is 1. The monoisotopic (exact) mass is 205 g/mol. The number of nitrogens with one attached hydrogen (secondary N) is 1. The number of rotatable bonds is 0. The Bertz CT molecular complexity index is 489. The fraction of sp³-hybridized carbons (Fsp3) is 0.273. The molecule has 0 atom stereocenters. The molecule has 0 radical (unpaired) electrons. The molecule has 2 aromatic rings. The van der Waals surface area contributed by atoms with E-state index in [1.165, 1.54) is 28.1 Å². The zero-order valence-corrected chi connectivity index (χ0v) is 8.53. The van der Waals surface area contributed by atoms with E-state index in [2.05, 4.69) is 4.98 Å². The second-order valence-electron chi connectivity index (χ2n) is 3.61. The Morgan fingerprint density at radius 1 is 1.36 bits per heavy atom. The average Bonchev–Trinajstić information content (AvgIpc) is 2.56. The molecular weight excluding hydrogens is 194 g/mol. The van der Waals surface area contributed by atoms with E-state index >= 15 is 0 Å². The standard InChI is InChI=1S/C11H11NOS/c13-7-3-4-9-8(6-7)11-10(12-9)2-1-5-14-11/h3-4,6,12-13H,1-2,5H2. The number of benzene rings is 1. The Labute approximate surface area is 86.3 Å². The van der Waals surface area contributed by atoms with E-state index in [4.69, 9.17) is 0 Å². The molecule has 72 valence electrons. The second kappa shape index (κ2) is 2.95. The van der Waals surface area contributed by atoms with Crippen LogP contribution in [0.5, 0.6) is 5.75 Å². The first-order valence-electron chi connectivity index (χ1n) is 4.81. The first kappa shape index (κ1) is 8.24. The van der Waals surface area contributed by atoms with E-state index < -0.39 is 0 Å². The predicted molar refractivity (Wildman–Crippen MR) is 59.0 cm³/mol. The molecule has 1 aromatic carbocycles. The minimum Gasteiger partial charge on any atom is -0.508 e. The Balaban J connectivity index is 2.32. The largest absolute Gasteiger partial charge is 0.508 e. The highest BCUT2D eigenvalue weighted by molar-refractivity contribution is 7.99. The molecule has 2 heterocycles. The molecule has 1 aromatic heterocycles. The molecule has 3 rings (SSSR count). The smallest absolute Gasteiger partial charge is 0.116 e. The zero-order chi connectivity index (χ0) is 9.54. The lowest BCUT2D eigenvalue weighted by Gasteiger charge is -2.09. The number of aryl methyl sites for hydroxylation is 1. The molecule has 1 aliphatic heterocycles. The van der Waals surface area contributed by atoms with Gasteiger partial charge >= 0.3 is 0 Å². The van der Waals surface area contributed by atoms with Crippen LogP contribution in [-0.2, 0) is 6.42 Å². The van der Waals surface area contributed by atoms with Crippen molar-refractivity contribution in [2.75, 3.05) is 5.75 Å². The fourth-order valence-corrected chi connectivity index (χ4v) is 3.12. The number of fused-ring (bicyclic) bond motifs is 3. The highest BCUT2D eigenvalue weighted by Gasteiger charge is 2.15. The SMILES string of the molecule is Oc1ccc2[nH]c3c(c2c1)SCCC3. The fourth-order valence-electron chi connectivity index (χ4n) is 1.98. The highest BCUT2D eigenvalue weighted by Crippen LogP contribution is 2.37. The molecule has 2 nitrogen and oxygen atoms in total. The van der Waals surface area contributed by atoms with Crippen LogP contribution in [0.4, 0.5) is 0 Å². The Hall–Kier alpha value is -1.09. The number of hydrogen-bond acceptors (Lipinski definition) is 2. The number of hydrogen-bond donors (Lipinski definition) is 2. The van der Waals surface area contributed by atoms with Crippen molar-refractivity contribution >= 4 is 22.7 Å². The number of H-pyrrole nitrogens is 1. The van der Waals surface area contributed by atoms with Gasteiger partial charge in [-0.3, -0.25) is 0 Å². The molecule has 14 heavy (non-hydrogen) atoms. The maximum absolute atomic E-state index is 9.43. The van der Waals surface area contributed by atoms with Crippen molar-refractivity contribution < 1.29 is 5.11 Å². The van der Waals surface area contributed by atoms with Gasteiger partial charge in [0.1, 0.15) is 5.75 Å². The zero-order valence-electron chi connectivity index (χ0n) is 7.71. The number of phenols is 1. The summed E-state index contributed by atoms with van der Waals surface area (Å²) < 4.78 is 0. The van der Waals surface area contributed by atoms with E-state index in [0.29, 0.717) is 5.75 Å². The second-order valence-corrected chi connectivity index (χ2v) is 4.72. The summed E-state index contributed by atoms with van der Waals surface area (Å²) in [6.45, 7) is 0. The van der Waals surface area contributed by atoms with Gasteiger partial charge in [-0.1, -0.05) is 0 Å². The van der Waals surface area contributed by atoms with Crippen molar-refractivity contribution in [2.45, 2.75) is 17.7 Å². The summed E-state index contributed by atoms with van der Waals surface area (Å²) in [6, 6.07) is 5.53. The molecule has 0 unspecified atom stereocenters. The van der Waals surface area contributed by atoms with Crippen molar-refractivity contribution in [3.63, 3.8) is 0 Å². The quantitative estimate of drug-likeness (QED) is 0.693. The van der Waals surface area contributed by atoms with Crippen LogP contribution in [-0.4, -0.2) is 15.8 Å². The van der Waals surface area contributed by atoms with Crippen molar-refractivity contribution in [1.82, 2.24) is 4.98 Å². The molecule has 1 aliphatic rings. The van der Waals surface area contributed by atoms with E-state index in [-0.39, 0.29) is 0 Å². The summed E-state index contributed by atoms with van der Waals surface area (Å²) in [6.07, 6.45) is 2.38. The van der Waals surface area contributed by atoms with Crippen LogP contribution in [0, 0.1) is 0 Å². The van der Waals surface area contributed by atoms with Crippen LogP contribution in [0.3, 0.4) is 0 Å². The first-order chi connectivity index (χ1) is 6.84. The van der Waals surface area contributed by atoms with Crippen LogP contribution in [0.15, 0.2) is 23.1 Å². The average molecular weight is 205 g/mol. The van der Waals surface area contributed by atoms with Gasteiger partial charge < -0.3 is 10.1 Å². The lowest BCUT2D eigenvalue weighted by atomic mass is 10.2. The molecule has 0 saturated carbocycles. The number of thioether (sulfide) groups is 1. The molecule has 0 fully saturated rings. The van der Waals surface area contributed by atoms with Crippen LogP contribution in [0.1, 0.15) is 12.1 Å². The van der Waals surface area contributed by atoms with Crippen LogP contribution in [0.2, 0.25) is 0 Å². The minimum atomic E-state index is 0.352. The summed E-state index contributed by atoms with van der Waals surface area (Å²) in [5, 5.41) is 10.6. The first-order valence-corrected chi connectivity index (χ1v) is 5.79. The molecule has 0 saturated heterocycles. The van der Waals surface area contributed by atoms with Gasteiger partial charge in [0.05, 0.1) is 0 Å². The van der Waals surface area contributed by atoms with Gasteiger partial charge in [-0.2, -0.15) is 0 Å².